The van der Waals surface area contributed by atoms with Crippen molar-refractivity contribution in [3.63, 3.8) is 0 Å². The fraction of sp³-hybridized carbons (Fsp3) is 0.421. The average molecular weight is 356 g/mol. The summed E-state index contributed by atoms with van der Waals surface area (Å²) in [5.41, 5.74) is 4.70. The first kappa shape index (κ1) is 17.8. The van der Waals surface area contributed by atoms with Crippen LogP contribution >= 0.6 is 12.2 Å². The van der Waals surface area contributed by atoms with Crippen LogP contribution in [0.3, 0.4) is 0 Å². The number of fused-ring (bicyclic) bond motifs is 1. The van der Waals surface area contributed by atoms with E-state index in [1.807, 2.05) is 22.2 Å². The van der Waals surface area contributed by atoms with E-state index < -0.39 is 0 Å². The van der Waals surface area contributed by atoms with E-state index in [0.717, 1.165) is 17.9 Å². The number of aromatic nitrogens is 4. The zero-order chi connectivity index (χ0) is 18.1. The number of hydrogen-bond acceptors (Lipinski definition) is 4. The molecule has 0 unspecified atom stereocenters. The molecule has 0 N–H and O–H groups in total. The van der Waals surface area contributed by atoms with Crippen molar-refractivity contribution in [2.75, 3.05) is 7.05 Å². The molecule has 0 saturated carbocycles. The van der Waals surface area contributed by atoms with Gasteiger partial charge < -0.3 is 0 Å². The van der Waals surface area contributed by atoms with Crippen molar-refractivity contribution in [2.45, 2.75) is 46.8 Å². The molecule has 0 bridgehead atoms. The monoisotopic (exact) mass is 355 g/mol. The predicted molar refractivity (Wildman–Crippen MR) is 103 cm³/mol. The zero-order valence-corrected chi connectivity index (χ0v) is 16.3. The Morgan fingerprint density at radius 3 is 2.44 bits per heavy atom. The molecule has 5 nitrogen and oxygen atoms in total. The van der Waals surface area contributed by atoms with E-state index in [9.17, 15) is 0 Å². The van der Waals surface area contributed by atoms with E-state index in [0.29, 0.717) is 23.1 Å². The molecule has 132 valence electrons. The molecule has 0 atom stereocenters. The first-order valence-corrected chi connectivity index (χ1v) is 8.97. The second kappa shape index (κ2) is 7.06. The van der Waals surface area contributed by atoms with Crippen LogP contribution in [-0.4, -0.2) is 31.1 Å². The van der Waals surface area contributed by atoms with Crippen LogP contribution < -0.4 is 0 Å². The molecule has 6 heteroatoms. The van der Waals surface area contributed by atoms with E-state index in [1.54, 1.807) is 0 Å². The lowest BCUT2D eigenvalue weighted by Crippen LogP contribution is -2.24. The van der Waals surface area contributed by atoms with Crippen LogP contribution in [0.5, 0.6) is 0 Å². The Morgan fingerprint density at radius 1 is 1.12 bits per heavy atom. The molecular weight excluding hydrogens is 330 g/mol. The third-order valence-electron chi connectivity index (χ3n) is 4.35. The second-order valence-corrected chi connectivity index (χ2v) is 7.36. The number of nitrogens with zero attached hydrogens (tertiary/aromatic N) is 5. The van der Waals surface area contributed by atoms with Crippen LogP contribution in [0.1, 0.15) is 42.3 Å². The minimum atomic E-state index is 0.558. The van der Waals surface area contributed by atoms with Gasteiger partial charge in [-0.2, -0.15) is 4.98 Å². The van der Waals surface area contributed by atoms with Gasteiger partial charge in [-0.25, -0.2) is 14.2 Å². The van der Waals surface area contributed by atoms with Crippen LogP contribution in [0.25, 0.3) is 5.78 Å². The zero-order valence-electron chi connectivity index (χ0n) is 15.5. The molecular formula is C19H25N5S. The topological polar surface area (TPSA) is 38.4 Å². The van der Waals surface area contributed by atoms with Crippen molar-refractivity contribution in [2.24, 2.45) is 0 Å². The first-order valence-electron chi connectivity index (χ1n) is 8.56. The van der Waals surface area contributed by atoms with Crippen LogP contribution in [0, 0.1) is 18.6 Å². The molecule has 2 heterocycles. The van der Waals surface area contributed by atoms with Gasteiger partial charge in [0.05, 0.1) is 6.67 Å². The Balaban J connectivity index is 1.81. The molecule has 1 aromatic carbocycles. The van der Waals surface area contributed by atoms with E-state index in [4.69, 9.17) is 12.2 Å². The first-order chi connectivity index (χ1) is 11.8. The van der Waals surface area contributed by atoms with E-state index in [2.05, 4.69) is 67.0 Å². The second-order valence-electron chi connectivity index (χ2n) is 7.00. The molecule has 0 fully saturated rings. The van der Waals surface area contributed by atoms with Crippen molar-refractivity contribution >= 4 is 18.0 Å². The van der Waals surface area contributed by atoms with Crippen molar-refractivity contribution in [1.82, 2.24) is 24.1 Å². The van der Waals surface area contributed by atoms with Crippen molar-refractivity contribution in [3.05, 3.63) is 57.6 Å². The normalized spacial score (nSPS) is 11.8. The standard InChI is InChI=1S/C19H25N5S/c1-13(2)17-8-6-16(7-9-17)11-22(5)12-23-19(25)21-18-20-14(3)10-15(4)24(18)23/h6-10,13H,11-12H2,1-5H3. The van der Waals surface area contributed by atoms with Gasteiger partial charge in [0.25, 0.3) is 5.78 Å². The smallest absolute Gasteiger partial charge is 0.252 e. The fourth-order valence-corrected chi connectivity index (χ4v) is 3.30. The summed E-state index contributed by atoms with van der Waals surface area (Å²) >= 11 is 5.45. The average Bonchev–Trinajstić information content (AvgIpc) is 2.83. The summed E-state index contributed by atoms with van der Waals surface area (Å²) in [4.78, 5) is 11.1. The Morgan fingerprint density at radius 2 is 1.80 bits per heavy atom. The molecule has 3 aromatic rings. The van der Waals surface area contributed by atoms with Gasteiger partial charge in [0, 0.05) is 17.9 Å². The number of benzene rings is 1. The molecule has 0 amide bonds. The van der Waals surface area contributed by atoms with Crippen LogP contribution in [0.2, 0.25) is 0 Å². The van der Waals surface area contributed by atoms with Gasteiger partial charge in [-0.1, -0.05) is 38.1 Å². The Hall–Kier alpha value is -2.05. The van der Waals surface area contributed by atoms with Crippen LogP contribution in [-0.2, 0) is 13.2 Å². The summed E-state index contributed by atoms with van der Waals surface area (Å²) in [6.07, 6.45) is 0. The molecule has 2 aromatic heterocycles. The maximum Gasteiger partial charge on any atom is 0.252 e. The molecule has 0 aliphatic carbocycles. The Bertz CT molecular complexity index is 937. The molecule has 0 aliphatic heterocycles. The Labute approximate surface area is 153 Å². The molecule has 0 spiro atoms. The lowest BCUT2D eigenvalue weighted by Gasteiger charge is -2.19. The van der Waals surface area contributed by atoms with Gasteiger partial charge in [-0.05, 0) is 56.2 Å². The van der Waals surface area contributed by atoms with Crippen LogP contribution in [0.15, 0.2) is 30.3 Å². The Kier molecular flexibility index (Phi) is 5.01. The fourth-order valence-electron chi connectivity index (χ4n) is 3.08. The third kappa shape index (κ3) is 3.80. The van der Waals surface area contributed by atoms with Gasteiger partial charge in [-0.3, -0.25) is 4.90 Å². The van der Waals surface area contributed by atoms with Gasteiger partial charge in [-0.15, -0.1) is 0 Å². The summed E-state index contributed by atoms with van der Waals surface area (Å²) in [5, 5.41) is 0. The number of aryl methyl sites for hydroxylation is 2. The van der Waals surface area contributed by atoms with Crippen molar-refractivity contribution < 1.29 is 0 Å². The summed E-state index contributed by atoms with van der Waals surface area (Å²) in [6.45, 7) is 9.97. The maximum absolute atomic E-state index is 5.45. The summed E-state index contributed by atoms with van der Waals surface area (Å²) in [6, 6.07) is 10.9. The van der Waals surface area contributed by atoms with E-state index in [-0.39, 0.29) is 0 Å². The molecule has 0 aliphatic rings. The summed E-state index contributed by atoms with van der Waals surface area (Å²) in [5.74, 6) is 1.22. The minimum Gasteiger partial charge on any atom is -0.283 e. The van der Waals surface area contributed by atoms with Gasteiger partial charge >= 0.3 is 0 Å². The minimum absolute atomic E-state index is 0.558. The summed E-state index contributed by atoms with van der Waals surface area (Å²) < 4.78 is 4.55. The highest BCUT2D eigenvalue weighted by Gasteiger charge is 2.11. The molecule has 25 heavy (non-hydrogen) atoms. The third-order valence-corrected chi connectivity index (χ3v) is 4.65. The lowest BCUT2D eigenvalue weighted by molar-refractivity contribution is 0.238. The van der Waals surface area contributed by atoms with E-state index >= 15 is 0 Å². The van der Waals surface area contributed by atoms with Gasteiger partial charge in [0.1, 0.15) is 0 Å². The SMILES string of the molecule is Cc1cc(C)n2c(n1)nc(=S)n2CN(C)Cc1ccc(C(C)C)cc1. The summed E-state index contributed by atoms with van der Waals surface area (Å²) in [7, 11) is 2.09. The quantitative estimate of drug-likeness (QED) is 0.646. The van der Waals surface area contributed by atoms with Gasteiger partial charge in [0.15, 0.2) is 0 Å². The highest BCUT2D eigenvalue weighted by molar-refractivity contribution is 7.71. The molecule has 0 radical (unpaired) electrons. The lowest BCUT2D eigenvalue weighted by atomic mass is 10.0. The van der Waals surface area contributed by atoms with Crippen molar-refractivity contribution in [3.8, 4) is 0 Å². The van der Waals surface area contributed by atoms with Crippen LogP contribution in [0.4, 0.5) is 0 Å². The predicted octanol–water partition coefficient (Wildman–Crippen LogP) is 4.09. The number of hydrogen-bond donors (Lipinski definition) is 0. The van der Waals surface area contributed by atoms with Crippen molar-refractivity contribution in [1.29, 1.82) is 0 Å². The molecule has 0 saturated heterocycles. The highest BCUT2D eigenvalue weighted by atomic mass is 32.1. The highest BCUT2D eigenvalue weighted by Crippen LogP contribution is 2.16. The maximum atomic E-state index is 5.45. The van der Waals surface area contributed by atoms with E-state index in [1.165, 1.54) is 11.1 Å². The molecule has 3 rings (SSSR count). The van der Waals surface area contributed by atoms with Gasteiger partial charge in [0.2, 0.25) is 4.77 Å². The largest absolute Gasteiger partial charge is 0.283 e. The number of rotatable bonds is 5.